The molecular formula is C21H22N2O4S. The lowest BCUT2D eigenvalue weighted by Crippen LogP contribution is -2.32. The number of anilines is 1. The van der Waals surface area contributed by atoms with Gasteiger partial charge in [0.15, 0.2) is 5.13 Å². The molecule has 3 aromatic rings. The predicted octanol–water partition coefficient (Wildman–Crippen LogP) is 4.01. The molecule has 0 atom stereocenters. The minimum atomic E-state index is -0.180. The van der Waals surface area contributed by atoms with Gasteiger partial charge in [0.05, 0.1) is 37.6 Å². The van der Waals surface area contributed by atoms with Gasteiger partial charge in [0.1, 0.15) is 11.5 Å². The third-order valence-corrected chi connectivity index (χ3v) is 5.20. The molecule has 3 rings (SSSR count). The van der Waals surface area contributed by atoms with Gasteiger partial charge in [-0.25, -0.2) is 4.98 Å². The molecule has 1 heterocycles. The van der Waals surface area contributed by atoms with Crippen molar-refractivity contribution in [1.29, 1.82) is 0 Å². The van der Waals surface area contributed by atoms with E-state index in [2.05, 4.69) is 4.98 Å². The minimum absolute atomic E-state index is 0.180. The summed E-state index contributed by atoms with van der Waals surface area (Å²) >= 11 is 1.48. The lowest BCUT2D eigenvalue weighted by molar-refractivity contribution is -0.114. The maximum atomic E-state index is 12.9. The summed E-state index contributed by atoms with van der Waals surface area (Å²) in [5.41, 5.74) is 1.63. The van der Waals surface area contributed by atoms with E-state index in [0.29, 0.717) is 29.8 Å². The molecule has 146 valence electrons. The van der Waals surface area contributed by atoms with Gasteiger partial charge in [-0.3, -0.25) is 9.69 Å². The molecule has 2 aromatic carbocycles. The Bertz CT molecular complexity index is 950. The van der Waals surface area contributed by atoms with Crippen molar-refractivity contribution >= 4 is 38.7 Å². The Labute approximate surface area is 168 Å². The third-order valence-electron chi connectivity index (χ3n) is 4.14. The Morgan fingerprint density at radius 3 is 2.68 bits per heavy atom. The minimum Gasteiger partial charge on any atom is -0.497 e. The number of carbonyl (C=O) groups is 1. The topological polar surface area (TPSA) is 60.9 Å². The monoisotopic (exact) mass is 398 g/mol. The Kier molecular flexibility index (Phi) is 6.62. The molecule has 0 aliphatic carbocycles. The summed E-state index contributed by atoms with van der Waals surface area (Å²) in [4.78, 5) is 19.1. The first-order valence-electron chi connectivity index (χ1n) is 8.72. The number of hydrogen-bond acceptors (Lipinski definition) is 6. The predicted molar refractivity (Wildman–Crippen MR) is 112 cm³/mol. The van der Waals surface area contributed by atoms with Crippen LogP contribution in [-0.4, -0.2) is 45.4 Å². The standard InChI is InChI=1S/C21H22N2O4S/c1-25-13-12-23(21-22-17-6-4-5-7-19(17)28-21)20(24)11-8-15-14-16(26-2)9-10-18(15)27-3/h4-11,14H,12-13H2,1-3H3. The lowest BCUT2D eigenvalue weighted by atomic mass is 10.1. The van der Waals surface area contributed by atoms with E-state index >= 15 is 0 Å². The van der Waals surface area contributed by atoms with Crippen LogP contribution in [-0.2, 0) is 9.53 Å². The Balaban J connectivity index is 1.88. The fourth-order valence-corrected chi connectivity index (χ4v) is 3.68. The summed E-state index contributed by atoms with van der Waals surface area (Å²) in [6.07, 6.45) is 3.23. The Hall–Kier alpha value is -2.90. The van der Waals surface area contributed by atoms with E-state index in [1.54, 1.807) is 38.4 Å². The molecule has 0 aliphatic heterocycles. The van der Waals surface area contributed by atoms with Crippen LogP contribution in [0.5, 0.6) is 11.5 Å². The highest BCUT2D eigenvalue weighted by atomic mass is 32.1. The molecule has 0 fully saturated rings. The Morgan fingerprint density at radius 1 is 1.14 bits per heavy atom. The van der Waals surface area contributed by atoms with E-state index in [-0.39, 0.29) is 5.91 Å². The molecular weight excluding hydrogens is 376 g/mol. The summed E-state index contributed by atoms with van der Waals surface area (Å²) in [6.45, 7) is 0.826. The van der Waals surface area contributed by atoms with Gasteiger partial charge in [0, 0.05) is 18.7 Å². The third kappa shape index (κ3) is 4.49. The van der Waals surface area contributed by atoms with E-state index < -0.39 is 0 Å². The molecule has 0 saturated heterocycles. The van der Waals surface area contributed by atoms with Crippen molar-refractivity contribution in [1.82, 2.24) is 4.98 Å². The van der Waals surface area contributed by atoms with E-state index in [9.17, 15) is 4.79 Å². The second-order valence-electron chi connectivity index (χ2n) is 5.89. The second kappa shape index (κ2) is 9.34. The zero-order chi connectivity index (χ0) is 19.9. The summed E-state index contributed by atoms with van der Waals surface area (Å²) in [7, 11) is 4.80. The smallest absolute Gasteiger partial charge is 0.252 e. The maximum absolute atomic E-state index is 12.9. The molecule has 0 radical (unpaired) electrons. The molecule has 7 heteroatoms. The summed E-state index contributed by atoms with van der Waals surface area (Å²) in [5, 5.41) is 0.644. The van der Waals surface area contributed by atoms with Crippen molar-refractivity contribution in [2.24, 2.45) is 0 Å². The zero-order valence-corrected chi connectivity index (χ0v) is 16.9. The van der Waals surface area contributed by atoms with Crippen molar-refractivity contribution in [2.45, 2.75) is 0 Å². The molecule has 0 saturated carbocycles. The van der Waals surface area contributed by atoms with Crippen molar-refractivity contribution in [3.8, 4) is 11.5 Å². The van der Waals surface area contributed by atoms with Crippen LogP contribution in [0.4, 0.5) is 5.13 Å². The van der Waals surface area contributed by atoms with E-state index in [4.69, 9.17) is 14.2 Å². The quantitative estimate of drug-likeness (QED) is 0.537. The number of nitrogens with zero attached hydrogens (tertiary/aromatic N) is 2. The van der Waals surface area contributed by atoms with Crippen LogP contribution in [0.15, 0.2) is 48.5 Å². The van der Waals surface area contributed by atoms with Gasteiger partial charge in [-0.05, 0) is 36.4 Å². The van der Waals surface area contributed by atoms with Crippen molar-refractivity contribution in [3.63, 3.8) is 0 Å². The fourth-order valence-electron chi connectivity index (χ4n) is 2.68. The molecule has 0 N–H and O–H groups in total. The number of hydrogen-bond donors (Lipinski definition) is 0. The number of para-hydroxylation sites is 1. The molecule has 28 heavy (non-hydrogen) atoms. The van der Waals surface area contributed by atoms with Gasteiger partial charge in [-0.1, -0.05) is 23.5 Å². The average Bonchev–Trinajstić information content (AvgIpc) is 3.16. The van der Waals surface area contributed by atoms with Crippen LogP contribution in [0.25, 0.3) is 16.3 Å². The van der Waals surface area contributed by atoms with Crippen LogP contribution < -0.4 is 14.4 Å². The highest BCUT2D eigenvalue weighted by Gasteiger charge is 2.17. The van der Waals surface area contributed by atoms with Gasteiger partial charge in [-0.2, -0.15) is 0 Å². The van der Waals surface area contributed by atoms with Gasteiger partial charge >= 0.3 is 0 Å². The van der Waals surface area contributed by atoms with Crippen LogP contribution in [0, 0.1) is 0 Å². The number of rotatable bonds is 8. The average molecular weight is 398 g/mol. The van der Waals surface area contributed by atoms with Crippen molar-refractivity contribution in [2.75, 3.05) is 39.4 Å². The number of ether oxygens (including phenoxy) is 3. The largest absolute Gasteiger partial charge is 0.497 e. The normalized spacial score (nSPS) is 11.1. The summed E-state index contributed by atoms with van der Waals surface area (Å²) in [5.74, 6) is 1.17. The molecule has 6 nitrogen and oxygen atoms in total. The molecule has 1 amide bonds. The Morgan fingerprint density at radius 2 is 1.96 bits per heavy atom. The number of methoxy groups -OCH3 is 3. The molecule has 0 aliphatic rings. The second-order valence-corrected chi connectivity index (χ2v) is 6.90. The van der Waals surface area contributed by atoms with Gasteiger partial charge in [0.25, 0.3) is 5.91 Å². The fraction of sp³-hybridized carbons (Fsp3) is 0.238. The van der Waals surface area contributed by atoms with Crippen molar-refractivity contribution in [3.05, 3.63) is 54.1 Å². The van der Waals surface area contributed by atoms with Crippen LogP contribution >= 0.6 is 11.3 Å². The zero-order valence-electron chi connectivity index (χ0n) is 16.0. The van der Waals surface area contributed by atoms with E-state index in [1.165, 1.54) is 17.4 Å². The first-order chi connectivity index (χ1) is 13.7. The van der Waals surface area contributed by atoms with E-state index in [0.717, 1.165) is 15.8 Å². The molecule has 0 bridgehead atoms. The number of amides is 1. The number of benzene rings is 2. The first kappa shape index (κ1) is 19.9. The molecule has 0 spiro atoms. The SMILES string of the molecule is COCCN(C(=O)C=Cc1cc(OC)ccc1OC)c1nc2ccccc2s1. The lowest BCUT2D eigenvalue weighted by Gasteiger charge is -2.17. The molecule has 1 aromatic heterocycles. The summed E-state index contributed by atoms with van der Waals surface area (Å²) in [6, 6.07) is 13.3. The molecule has 0 unspecified atom stereocenters. The number of carbonyl (C=O) groups excluding carboxylic acids is 1. The van der Waals surface area contributed by atoms with Crippen LogP contribution in [0.1, 0.15) is 5.56 Å². The van der Waals surface area contributed by atoms with Gasteiger partial charge in [-0.15, -0.1) is 0 Å². The van der Waals surface area contributed by atoms with Crippen molar-refractivity contribution < 1.29 is 19.0 Å². The van der Waals surface area contributed by atoms with E-state index in [1.807, 2.05) is 36.4 Å². The highest BCUT2D eigenvalue weighted by Crippen LogP contribution is 2.29. The van der Waals surface area contributed by atoms with Gasteiger partial charge in [0.2, 0.25) is 0 Å². The number of aromatic nitrogens is 1. The highest BCUT2D eigenvalue weighted by molar-refractivity contribution is 7.22. The van der Waals surface area contributed by atoms with Gasteiger partial charge < -0.3 is 14.2 Å². The summed E-state index contributed by atoms with van der Waals surface area (Å²) < 4.78 is 16.8. The number of thiazole rings is 1. The van der Waals surface area contributed by atoms with Crippen LogP contribution in [0.2, 0.25) is 0 Å². The maximum Gasteiger partial charge on any atom is 0.252 e. The van der Waals surface area contributed by atoms with Crippen LogP contribution in [0.3, 0.4) is 0 Å². The number of fused-ring (bicyclic) bond motifs is 1. The first-order valence-corrected chi connectivity index (χ1v) is 9.54.